The zero-order valence-electron chi connectivity index (χ0n) is 15.5. The zero-order chi connectivity index (χ0) is 19.9. The van der Waals surface area contributed by atoms with Crippen molar-refractivity contribution in [2.45, 2.75) is 13.3 Å². The number of rotatable bonds is 6. The molecular weight excluding hydrogens is 396 g/mol. The molecule has 146 valence electrons. The van der Waals surface area contributed by atoms with Crippen molar-refractivity contribution in [3.8, 4) is 0 Å². The standard InChI is InChI=1S/C21H21ClN2O3S/c1-14-19(28-12-11-27-14)21(26)24-18-4-2-3-16(13-18)20(25)23-10-9-15-5-7-17(22)8-6-15/h2-8,13H,9-12H2,1H3,(H,23,25)(H,24,26). The minimum Gasteiger partial charge on any atom is -0.496 e. The molecule has 0 aromatic heterocycles. The Morgan fingerprint density at radius 2 is 1.93 bits per heavy atom. The number of ether oxygens (including phenoxy) is 1. The zero-order valence-corrected chi connectivity index (χ0v) is 17.0. The first kappa shape index (κ1) is 20.3. The third-order valence-electron chi connectivity index (χ3n) is 4.17. The maximum absolute atomic E-state index is 12.4. The Kier molecular flexibility index (Phi) is 7.01. The number of amides is 2. The highest BCUT2D eigenvalue weighted by atomic mass is 35.5. The lowest BCUT2D eigenvalue weighted by molar-refractivity contribution is -0.112. The predicted octanol–water partition coefficient (Wildman–Crippen LogP) is 4.25. The highest BCUT2D eigenvalue weighted by Gasteiger charge is 2.19. The van der Waals surface area contributed by atoms with E-state index >= 15 is 0 Å². The Morgan fingerprint density at radius 1 is 1.14 bits per heavy atom. The van der Waals surface area contributed by atoms with Gasteiger partial charge in [-0.1, -0.05) is 29.8 Å². The van der Waals surface area contributed by atoms with Crippen molar-refractivity contribution < 1.29 is 14.3 Å². The van der Waals surface area contributed by atoms with Gasteiger partial charge >= 0.3 is 0 Å². The van der Waals surface area contributed by atoms with Gasteiger partial charge in [0.25, 0.3) is 11.8 Å². The molecule has 1 heterocycles. The second-order valence-corrected chi connectivity index (χ2v) is 7.79. The third-order valence-corrected chi connectivity index (χ3v) is 5.55. The molecule has 2 aromatic rings. The summed E-state index contributed by atoms with van der Waals surface area (Å²) in [7, 11) is 0. The molecule has 2 N–H and O–H groups in total. The summed E-state index contributed by atoms with van der Waals surface area (Å²) in [6.45, 7) is 2.90. The number of anilines is 1. The fraction of sp³-hybridized carbons (Fsp3) is 0.238. The first-order valence-corrected chi connectivity index (χ1v) is 10.3. The van der Waals surface area contributed by atoms with Crippen LogP contribution in [0, 0.1) is 0 Å². The molecule has 0 bridgehead atoms. The van der Waals surface area contributed by atoms with E-state index in [0.29, 0.717) is 46.5 Å². The number of benzene rings is 2. The van der Waals surface area contributed by atoms with Crippen LogP contribution in [-0.4, -0.2) is 30.7 Å². The summed E-state index contributed by atoms with van der Waals surface area (Å²) in [5.41, 5.74) is 2.16. The van der Waals surface area contributed by atoms with E-state index in [9.17, 15) is 9.59 Å². The maximum atomic E-state index is 12.4. The summed E-state index contributed by atoms with van der Waals surface area (Å²) in [4.78, 5) is 25.4. The van der Waals surface area contributed by atoms with Crippen LogP contribution in [0.15, 0.2) is 59.2 Å². The number of hydrogen-bond donors (Lipinski definition) is 2. The van der Waals surface area contributed by atoms with E-state index in [2.05, 4.69) is 10.6 Å². The fourth-order valence-electron chi connectivity index (χ4n) is 2.73. The van der Waals surface area contributed by atoms with Gasteiger partial charge in [-0.15, -0.1) is 11.8 Å². The SMILES string of the molecule is CC1=C(C(=O)Nc2cccc(C(=O)NCCc3ccc(Cl)cc3)c2)SCCO1. The number of carbonyl (C=O) groups is 2. The Bertz CT molecular complexity index is 897. The van der Waals surface area contributed by atoms with Gasteiger partial charge in [0, 0.05) is 28.6 Å². The van der Waals surface area contributed by atoms with Crippen LogP contribution in [0.1, 0.15) is 22.8 Å². The average molecular weight is 417 g/mol. The van der Waals surface area contributed by atoms with Gasteiger partial charge in [0.1, 0.15) is 10.7 Å². The lowest BCUT2D eigenvalue weighted by atomic mass is 10.1. The number of hydrogen-bond acceptors (Lipinski definition) is 4. The first-order valence-electron chi connectivity index (χ1n) is 8.93. The van der Waals surface area contributed by atoms with Gasteiger partial charge < -0.3 is 15.4 Å². The van der Waals surface area contributed by atoms with E-state index in [-0.39, 0.29) is 11.8 Å². The molecule has 7 heteroatoms. The molecule has 0 unspecified atom stereocenters. The molecule has 2 amide bonds. The molecule has 0 atom stereocenters. The van der Waals surface area contributed by atoms with Crippen LogP contribution in [0.4, 0.5) is 5.69 Å². The third kappa shape index (κ3) is 5.53. The van der Waals surface area contributed by atoms with E-state index in [1.54, 1.807) is 31.2 Å². The summed E-state index contributed by atoms with van der Waals surface area (Å²) in [6, 6.07) is 14.4. The number of allylic oxidation sites excluding steroid dienone is 1. The van der Waals surface area contributed by atoms with Gasteiger partial charge in [-0.25, -0.2) is 0 Å². The molecule has 3 rings (SSSR count). The minimum absolute atomic E-state index is 0.184. The van der Waals surface area contributed by atoms with Gasteiger partial charge in [0.15, 0.2) is 0 Å². The largest absolute Gasteiger partial charge is 0.496 e. The molecule has 0 fully saturated rings. The van der Waals surface area contributed by atoms with Crippen LogP contribution in [-0.2, 0) is 16.0 Å². The second-order valence-electron chi connectivity index (χ2n) is 6.25. The Labute approximate surface area is 173 Å². The minimum atomic E-state index is -0.220. The van der Waals surface area contributed by atoms with Crippen LogP contribution in [0.25, 0.3) is 0 Å². The summed E-state index contributed by atoms with van der Waals surface area (Å²) >= 11 is 7.35. The van der Waals surface area contributed by atoms with Crippen LogP contribution in [0.3, 0.4) is 0 Å². The summed E-state index contributed by atoms with van der Waals surface area (Å²) in [5.74, 6) is 0.971. The molecular formula is C21H21ClN2O3S. The van der Waals surface area contributed by atoms with Crippen molar-refractivity contribution in [2.24, 2.45) is 0 Å². The van der Waals surface area contributed by atoms with Crippen molar-refractivity contribution in [1.29, 1.82) is 0 Å². The van der Waals surface area contributed by atoms with E-state index in [1.807, 2.05) is 24.3 Å². The Hall–Kier alpha value is -2.44. The van der Waals surface area contributed by atoms with Crippen LogP contribution in [0.2, 0.25) is 5.02 Å². The number of halogens is 1. The average Bonchev–Trinajstić information content (AvgIpc) is 2.70. The molecule has 1 aliphatic rings. The molecule has 28 heavy (non-hydrogen) atoms. The number of carbonyl (C=O) groups excluding carboxylic acids is 2. The highest BCUT2D eigenvalue weighted by molar-refractivity contribution is 8.04. The van der Waals surface area contributed by atoms with Gasteiger partial charge in [-0.3, -0.25) is 9.59 Å². The monoisotopic (exact) mass is 416 g/mol. The van der Waals surface area contributed by atoms with Gasteiger partial charge in [0.05, 0.1) is 6.61 Å². The highest BCUT2D eigenvalue weighted by Crippen LogP contribution is 2.26. The Balaban J connectivity index is 1.56. The van der Waals surface area contributed by atoms with Gasteiger partial charge in [0.2, 0.25) is 0 Å². The fourth-order valence-corrected chi connectivity index (χ4v) is 3.67. The summed E-state index contributed by atoms with van der Waals surface area (Å²) in [5, 5.41) is 6.42. The van der Waals surface area contributed by atoms with Crippen molar-refractivity contribution in [3.63, 3.8) is 0 Å². The normalized spacial score (nSPS) is 13.6. The van der Waals surface area contributed by atoms with Crippen molar-refractivity contribution in [1.82, 2.24) is 5.32 Å². The Morgan fingerprint density at radius 3 is 2.68 bits per heavy atom. The second kappa shape index (κ2) is 9.66. The van der Waals surface area contributed by atoms with Crippen molar-refractivity contribution in [2.75, 3.05) is 24.2 Å². The lowest BCUT2D eigenvalue weighted by Gasteiger charge is -2.17. The lowest BCUT2D eigenvalue weighted by Crippen LogP contribution is -2.26. The van der Waals surface area contributed by atoms with E-state index in [0.717, 1.165) is 11.3 Å². The first-order chi connectivity index (χ1) is 13.5. The molecule has 0 saturated heterocycles. The van der Waals surface area contributed by atoms with Gasteiger partial charge in [-0.2, -0.15) is 0 Å². The maximum Gasteiger partial charge on any atom is 0.265 e. The van der Waals surface area contributed by atoms with Crippen LogP contribution in [0.5, 0.6) is 0 Å². The number of thioether (sulfide) groups is 1. The van der Waals surface area contributed by atoms with E-state index in [4.69, 9.17) is 16.3 Å². The quantitative estimate of drug-likeness (QED) is 0.738. The molecule has 1 aliphatic heterocycles. The number of nitrogens with one attached hydrogen (secondary N) is 2. The molecule has 0 aliphatic carbocycles. The van der Waals surface area contributed by atoms with Gasteiger partial charge in [-0.05, 0) is 49.2 Å². The molecule has 2 aromatic carbocycles. The van der Waals surface area contributed by atoms with Crippen LogP contribution >= 0.6 is 23.4 Å². The smallest absolute Gasteiger partial charge is 0.265 e. The molecule has 0 saturated carbocycles. The predicted molar refractivity (Wildman–Crippen MR) is 114 cm³/mol. The van der Waals surface area contributed by atoms with E-state index in [1.165, 1.54) is 11.8 Å². The summed E-state index contributed by atoms with van der Waals surface area (Å²) in [6.07, 6.45) is 0.712. The van der Waals surface area contributed by atoms with Crippen molar-refractivity contribution in [3.05, 3.63) is 75.3 Å². The molecule has 5 nitrogen and oxygen atoms in total. The summed E-state index contributed by atoms with van der Waals surface area (Å²) < 4.78 is 5.43. The van der Waals surface area contributed by atoms with Crippen molar-refractivity contribution >= 4 is 40.9 Å². The van der Waals surface area contributed by atoms with E-state index < -0.39 is 0 Å². The molecule has 0 spiro atoms. The molecule has 0 radical (unpaired) electrons. The van der Waals surface area contributed by atoms with Crippen LogP contribution < -0.4 is 10.6 Å². The topological polar surface area (TPSA) is 67.4 Å².